The van der Waals surface area contributed by atoms with Crippen LogP contribution in [-0.2, 0) is 19.8 Å². The Hall–Kier alpha value is -5.76. The predicted octanol–water partition coefficient (Wildman–Crippen LogP) is 7.98. The summed E-state index contributed by atoms with van der Waals surface area (Å²) in [6.07, 6.45) is 1.56. The lowest BCUT2D eigenvalue weighted by molar-refractivity contribution is 0.0954. The van der Waals surface area contributed by atoms with Gasteiger partial charge in [0.05, 0.1) is 19.4 Å². The molecule has 1 amide bonds. The fraction of sp³-hybridized carbons (Fsp3) is 0.179. The third-order valence-corrected chi connectivity index (χ3v) is 6.97. The Balaban J connectivity index is 1.19. The number of amides is 1. The van der Waals surface area contributed by atoms with Gasteiger partial charge in [0.25, 0.3) is 5.91 Å². The second-order valence-corrected chi connectivity index (χ2v) is 10.4. The molecule has 47 heavy (non-hydrogen) atoms. The van der Waals surface area contributed by atoms with Crippen molar-refractivity contribution >= 4 is 12.1 Å². The van der Waals surface area contributed by atoms with Crippen molar-refractivity contribution in [3.05, 3.63) is 149 Å². The summed E-state index contributed by atoms with van der Waals surface area (Å²) >= 11 is 0. The molecular formula is C39H38N2O6. The third kappa shape index (κ3) is 9.61. The summed E-state index contributed by atoms with van der Waals surface area (Å²) in [4.78, 5) is 12.9. The average Bonchev–Trinajstić information content (AvgIpc) is 3.11. The maximum absolute atomic E-state index is 12.9. The van der Waals surface area contributed by atoms with Crippen LogP contribution in [0.25, 0.3) is 0 Å². The molecule has 0 saturated carbocycles. The van der Waals surface area contributed by atoms with E-state index in [2.05, 4.69) is 10.5 Å². The van der Waals surface area contributed by atoms with Gasteiger partial charge in [0.15, 0.2) is 23.0 Å². The first-order chi connectivity index (χ1) is 23.1. The summed E-state index contributed by atoms with van der Waals surface area (Å²) in [5.74, 6) is 2.61. The van der Waals surface area contributed by atoms with Crippen molar-refractivity contribution in [3.63, 3.8) is 0 Å². The average molecular weight is 631 g/mol. The van der Waals surface area contributed by atoms with Crippen molar-refractivity contribution in [2.75, 3.05) is 13.2 Å². The lowest BCUT2D eigenvalue weighted by Crippen LogP contribution is -2.18. The van der Waals surface area contributed by atoms with E-state index >= 15 is 0 Å². The topological polar surface area (TPSA) is 87.6 Å². The number of rotatable bonds is 16. The Labute approximate surface area is 275 Å². The number of ether oxygens (including phenoxy) is 5. The molecule has 0 fully saturated rings. The van der Waals surface area contributed by atoms with Crippen LogP contribution >= 0.6 is 0 Å². The zero-order valence-corrected chi connectivity index (χ0v) is 26.6. The maximum atomic E-state index is 12.9. The highest BCUT2D eigenvalue weighted by molar-refractivity contribution is 5.95. The van der Waals surface area contributed by atoms with Crippen molar-refractivity contribution in [2.24, 2.45) is 5.10 Å². The van der Waals surface area contributed by atoms with Gasteiger partial charge in [-0.15, -0.1) is 0 Å². The first-order valence-corrected chi connectivity index (χ1v) is 15.5. The van der Waals surface area contributed by atoms with Crippen molar-refractivity contribution in [2.45, 2.75) is 33.7 Å². The molecular weight excluding hydrogens is 592 g/mol. The second kappa shape index (κ2) is 17.1. The molecule has 0 aliphatic heterocycles. The molecule has 0 radical (unpaired) electrons. The Bertz CT molecular complexity index is 1760. The number of carbonyl (C=O) groups excluding carboxylic acids is 1. The van der Waals surface area contributed by atoms with Gasteiger partial charge in [-0.2, -0.15) is 5.10 Å². The van der Waals surface area contributed by atoms with Crippen LogP contribution in [0.4, 0.5) is 0 Å². The smallest absolute Gasteiger partial charge is 0.271 e. The summed E-state index contributed by atoms with van der Waals surface area (Å²) in [5.41, 5.74) is 6.73. The molecule has 0 bridgehead atoms. The molecule has 5 aromatic carbocycles. The predicted molar refractivity (Wildman–Crippen MR) is 183 cm³/mol. The lowest BCUT2D eigenvalue weighted by atomic mass is 10.2. The van der Waals surface area contributed by atoms with Crippen LogP contribution in [0.1, 0.15) is 46.5 Å². The molecule has 0 unspecified atom stereocenters. The summed E-state index contributed by atoms with van der Waals surface area (Å²) < 4.78 is 29.7. The minimum absolute atomic E-state index is 0.301. The van der Waals surface area contributed by atoms with Gasteiger partial charge < -0.3 is 23.7 Å². The fourth-order valence-corrected chi connectivity index (χ4v) is 4.64. The minimum Gasteiger partial charge on any atom is -0.490 e. The summed E-state index contributed by atoms with van der Waals surface area (Å²) in [5, 5.41) is 4.19. The highest BCUT2D eigenvalue weighted by Crippen LogP contribution is 2.31. The van der Waals surface area contributed by atoms with Crippen molar-refractivity contribution in [1.29, 1.82) is 0 Å². The van der Waals surface area contributed by atoms with Gasteiger partial charge in [0.2, 0.25) is 0 Å². The van der Waals surface area contributed by atoms with Gasteiger partial charge in [-0.05, 0) is 73.0 Å². The second-order valence-electron chi connectivity index (χ2n) is 10.4. The van der Waals surface area contributed by atoms with Crippen LogP contribution in [0, 0.1) is 0 Å². The first-order valence-electron chi connectivity index (χ1n) is 15.5. The molecule has 0 saturated heterocycles. The maximum Gasteiger partial charge on any atom is 0.271 e. The molecule has 0 aliphatic rings. The molecule has 0 atom stereocenters. The number of hydrazone groups is 1. The zero-order chi connectivity index (χ0) is 32.7. The van der Waals surface area contributed by atoms with Crippen LogP contribution < -0.4 is 29.1 Å². The van der Waals surface area contributed by atoms with Crippen LogP contribution in [0.15, 0.2) is 126 Å². The van der Waals surface area contributed by atoms with Crippen molar-refractivity contribution < 1.29 is 28.5 Å². The molecule has 0 aliphatic carbocycles. The fourth-order valence-electron chi connectivity index (χ4n) is 4.64. The number of carbonyl (C=O) groups is 1. The molecule has 0 heterocycles. The van der Waals surface area contributed by atoms with Gasteiger partial charge in [0, 0.05) is 11.1 Å². The Kier molecular flexibility index (Phi) is 11.9. The SMILES string of the molecule is CCOc1cc(COc2ccccc2/C=N/NC(=O)c2ccc(OCc3ccccc3)c(OCC)c2)ccc1OCc1ccccc1. The summed E-state index contributed by atoms with van der Waals surface area (Å²) in [6.45, 7) is 5.90. The Morgan fingerprint density at radius 2 is 1.09 bits per heavy atom. The van der Waals surface area contributed by atoms with E-state index in [1.165, 1.54) is 0 Å². The van der Waals surface area contributed by atoms with E-state index in [0.29, 0.717) is 72.9 Å². The molecule has 0 spiro atoms. The molecule has 0 aromatic heterocycles. The van der Waals surface area contributed by atoms with E-state index in [1.807, 2.05) is 117 Å². The highest BCUT2D eigenvalue weighted by Gasteiger charge is 2.13. The van der Waals surface area contributed by atoms with Crippen LogP contribution in [0.5, 0.6) is 28.7 Å². The number of nitrogens with one attached hydrogen (secondary N) is 1. The van der Waals surface area contributed by atoms with E-state index < -0.39 is 0 Å². The number of para-hydroxylation sites is 1. The summed E-state index contributed by atoms with van der Waals surface area (Å²) in [6, 6.07) is 38.2. The van der Waals surface area contributed by atoms with E-state index in [0.717, 1.165) is 16.7 Å². The number of hydrogen-bond acceptors (Lipinski definition) is 7. The molecule has 8 heteroatoms. The van der Waals surface area contributed by atoms with Gasteiger partial charge in [-0.3, -0.25) is 4.79 Å². The van der Waals surface area contributed by atoms with E-state index in [9.17, 15) is 4.79 Å². The number of hydrogen-bond donors (Lipinski definition) is 1. The first kappa shape index (κ1) is 32.6. The zero-order valence-electron chi connectivity index (χ0n) is 26.6. The lowest BCUT2D eigenvalue weighted by Gasteiger charge is -2.14. The summed E-state index contributed by atoms with van der Waals surface area (Å²) in [7, 11) is 0. The molecule has 240 valence electrons. The van der Waals surface area contributed by atoms with Crippen LogP contribution in [-0.4, -0.2) is 25.3 Å². The minimum atomic E-state index is -0.381. The molecule has 1 N–H and O–H groups in total. The van der Waals surface area contributed by atoms with E-state index in [-0.39, 0.29) is 5.91 Å². The molecule has 5 rings (SSSR count). The third-order valence-electron chi connectivity index (χ3n) is 6.97. The van der Waals surface area contributed by atoms with Gasteiger partial charge in [-0.25, -0.2) is 5.43 Å². The van der Waals surface area contributed by atoms with Gasteiger partial charge in [-0.1, -0.05) is 78.9 Å². The van der Waals surface area contributed by atoms with Gasteiger partial charge >= 0.3 is 0 Å². The van der Waals surface area contributed by atoms with Crippen LogP contribution in [0.3, 0.4) is 0 Å². The largest absolute Gasteiger partial charge is 0.490 e. The van der Waals surface area contributed by atoms with Crippen molar-refractivity contribution in [1.82, 2.24) is 5.43 Å². The quantitative estimate of drug-likeness (QED) is 0.0879. The standard InChI is InChI=1S/C39H38N2O6/c1-3-43-37-23-31(19-21-35(37)46-26-29-13-7-5-8-14-29)28-45-34-18-12-11-17-33(34)25-40-41-39(42)32-20-22-36(38(24-32)44-4-2)47-27-30-15-9-6-10-16-30/h5-25H,3-4,26-28H2,1-2H3,(H,41,42)/b40-25+. The number of nitrogens with zero attached hydrogens (tertiary/aromatic N) is 1. The monoisotopic (exact) mass is 630 g/mol. The molecule has 8 nitrogen and oxygen atoms in total. The van der Waals surface area contributed by atoms with Crippen molar-refractivity contribution in [3.8, 4) is 28.7 Å². The van der Waals surface area contributed by atoms with Crippen LogP contribution in [0.2, 0.25) is 0 Å². The Morgan fingerprint density at radius 3 is 1.72 bits per heavy atom. The highest BCUT2D eigenvalue weighted by atomic mass is 16.5. The number of benzene rings is 5. The van der Waals surface area contributed by atoms with E-state index in [4.69, 9.17) is 23.7 Å². The van der Waals surface area contributed by atoms with E-state index in [1.54, 1.807) is 24.4 Å². The van der Waals surface area contributed by atoms with Gasteiger partial charge in [0.1, 0.15) is 25.6 Å². The Morgan fingerprint density at radius 1 is 0.553 bits per heavy atom. The molecule has 5 aromatic rings. The normalized spacial score (nSPS) is 10.8.